The molecule has 1 aromatic carbocycles. The molecule has 118 valence electrons. The van der Waals surface area contributed by atoms with Crippen molar-refractivity contribution >= 4 is 0 Å². The van der Waals surface area contributed by atoms with Crippen LogP contribution in [-0.4, -0.2) is 21.7 Å². The first-order valence-corrected chi connectivity index (χ1v) is 7.53. The van der Waals surface area contributed by atoms with Gasteiger partial charge in [0.2, 0.25) is 5.82 Å². The van der Waals surface area contributed by atoms with Crippen LogP contribution in [-0.2, 0) is 11.3 Å². The molecule has 7 heteroatoms. The Labute approximate surface area is 132 Å². The average molecular weight is 312 g/mol. The first-order valence-electron chi connectivity index (χ1n) is 7.53. The minimum Gasteiger partial charge on any atom is -0.445 e. The molecule has 23 heavy (non-hydrogen) atoms. The van der Waals surface area contributed by atoms with E-state index in [1.165, 1.54) is 6.39 Å². The van der Waals surface area contributed by atoms with Crippen molar-refractivity contribution in [3.8, 4) is 23.0 Å². The van der Waals surface area contributed by atoms with Crippen LogP contribution >= 0.6 is 0 Å². The highest BCUT2D eigenvalue weighted by Crippen LogP contribution is 2.34. The van der Waals surface area contributed by atoms with Gasteiger partial charge in [0.1, 0.15) is 6.10 Å². The minimum atomic E-state index is -0.0910. The average Bonchev–Trinajstić information content (AvgIpc) is 3.33. The Kier molecular flexibility index (Phi) is 3.64. The molecule has 0 spiro atoms. The molecule has 1 aliphatic heterocycles. The van der Waals surface area contributed by atoms with E-state index in [0.717, 1.165) is 30.6 Å². The van der Waals surface area contributed by atoms with Crippen LogP contribution in [0.5, 0.6) is 0 Å². The van der Waals surface area contributed by atoms with E-state index in [4.69, 9.17) is 19.4 Å². The molecule has 2 aromatic heterocycles. The van der Waals surface area contributed by atoms with Gasteiger partial charge in [-0.25, -0.2) is 4.98 Å². The predicted octanol–water partition coefficient (Wildman–Crippen LogP) is 2.70. The van der Waals surface area contributed by atoms with Crippen LogP contribution in [0.15, 0.2) is 39.6 Å². The lowest BCUT2D eigenvalue weighted by atomic mass is 10.1. The summed E-state index contributed by atoms with van der Waals surface area (Å²) >= 11 is 0. The smallest absolute Gasteiger partial charge is 0.280 e. The Morgan fingerprint density at radius 2 is 2.09 bits per heavy atom. The van der Waals surface area contributed by atoms with Gasteiger partial charge in [-0.2, -0.15) is 4.98 Å². The van der Waals surface area contributed by atoms with Gasteiger partial charge in [0.05, 0.1) is 0 Å². The summed E-state index contributed by atoms with van der Waals surface area (Å²) in [5.74, 6) is 1.49. The van der Waals surface area contributed by atoms with Crippen LogP contribution in [0.3, 0.4) is 0 Å². The predicted molar refractivity (Wildman–Crippen MR) is 81.0 cm³/mol. The number of hydrogen-bond donors (Lipinski definition) is 1. The van der Waals surface area contributed by atoms with Crippen LogP contribution < -0.4 is 5.73 Å². The highest BCUT2D eigenvalue weighted by molar-refractivity contribution is 5.59. The summed E-state index contributed by atoms with van der Waals surface area (Å²) in [5, 5.41) is 4.03. The molecule has 7 nitrogen and oxygen atoms in total. The zero-order chi connectivity index (χ0) is 15.6. The second-order valence-electron chi connectivity index (χ2n) is 5.39. The van der Waals surface area contributed by atoms with Crippen molar-refractivity contribution in [3.05, 3.63) is 42.0 Å². The highest BCUT2D eigenvalue weighted by atomic mass is 16.5. The monoisotopic (exact) mass is 312 g/mol. The van der Waals surface area contributed by atoms with E-state index >= 15 is 0 Å². The van der Waals surface area contributed by atoms with Gasteiger partial charge in [0, 0.05) is 18.7 Å². The molecule has 0 radical (unpaired) electrons. The van der Waals surface area contributed by atoms with E-state index in [0.29, 0.717) is 29.7 Å². The van der Waals surface area contributed by atoms with Crippen molar-refractivity contribution < 1.29 is 13.7 Å². The van der Waals surface area contributed by atoms with Gasteiger partial charge < -0.3 is 19.4 Å². The second-order valence-corrected chi connectivity index (χ2v) is 5.39. The standard InChI is InChI=1S/C16H16N4O3/c17-8-10-3-5-11(6-4-10)15-19-16(23-20-15)13-14(22-9-18-13)12-2-1-7-21-12/h3-6,9,12H,1-2,7-8,17H2. The van der Waals surface area contributed by atoms with Crippen molar-refractivity contribution in [3.63, 3.8) is 0 Å². The Bertz CT molecular complexity index is 788. The maximum atomic E-state index is 5.64. The van der Waals surface area contributed by atoms with Gasteiger partial charge >= 0.3 is 0 Å². The lowest BCUT2D eigenvalue weighted by Gasteiger charge is -2.05. The molecule has 1 aliphatic rings. The zero-order valence-corrected chi connectivity index (χ0v) is 12.4. The number of aromatic nitrogens is 3. The highest BCUT2D eigenvalue weighted by Gasteiger charge is 2.28. The Balaban J connectivity index is 1.64. The van der Waals surface area contributed by atoms with E-state index in [9.17, 15) is 0 Å². The molecule has 0 saturated carbocycles. The molecule has 3 aromatic rings. The molecular weight excluding hydrogens is 296 g/mol. The van der Waals surface area contributed by atoms with Gasteiger partial charge in [-0.3, -0.25) is 0 Å². The first kappa shape index (κ1) is 14.1. The third kappa shape index (κ3) is 2.64. The van der Waals surface area contributed by atoms with Crippen molar-refractivity contribution in [2.24, 2.45) is 5.73 Å². The summed E-state index contributed by atoms with van der Waals surface area (Å²) in [6, 6.07) is 7.72. The van der Waals surface area contributed by atoms with E-state index in [2.05, 4.69) is 15.1 Å². The Morgan fingerprint density at radius 1 is 1.22 bits per heavy atom. The molecule has 1 fully saturated rings. The number of nitrogens with two attached hydrogens (primary N) is 1. The summed E-state index contributed by atoms with van der Waals surface area (Å²) < 4.78 is 16.5. The fourth-order valence-electron chi connectivity index (χ4n) is 2.66. The molecule has 2 N–H and O–H groups in total. The lowest BCUT2D eigenvalue weighted by molar-refractivity contribution is 0.0939. The normalized spacial score (nSPS) is 17.7. The number of benzene rings is 1. The fourth-order valence-corrected chi connectivity index (χ4v) is 2.66. The quantitative estimate of drug-likeness (QED) is 0.790. The second kappa shape index (κ2) is 5.94. The molecular formula is C16H16N4O3. The summed E-state index contributed by atoms with van der Waals surface area (Å²) in [6.07, 6.45) is 3.20. The number of oxazole rings is 1. The van der Waals surface area contributed by atoms with Crippen molar-refractivity contribution in [2.45, 2.75) is 25.5 Å². The van der Waals surface area contributed by atoms with Gasteiger partial charge in [0.25, 0.3) is 5.89 Å². The Hall–Kier alpha value is -2.51. The number of ether oxygens (including phenoxy) is 1. The van der Waals surface area contributed by atoms with Crippen LogP contribution in [0, 0.1) is 0 Å². The molecule has 1 unspecified atom stereocenters. The first-order chi connectivity index (χ1) is 11.3. The summed E-state index contributed by atoms with van der Waals surface area (Å²) in [6.45, 7) is 1.23. The molecule has 4 rings (SSSR count). The number of nitrogens with zero attached hydrogens (tertiary/aromatic N) is 3. The molecule has 1 saturated heterocycles. The maximum Gasteiger partial charge on any atom is 0.280 e. The molecule has 0 aliphatic carbocycles. The van der Waals surface area contributed by atoms with Gasteiger partial charge in [-0.15, -0.1) is 0 Å². The molecule has 1 atom stereocenters. The van der Waals surface area contributed by atoms with E-state index in [1.54, 1.807) is 0 Å². The van der Waals surface area contributed by atoms with E-state index in [1.807, 2.05) is 24.3 Å². The minimum absolute atomic E-state index is 0.0910. The van der Waals surface area contributed by atoms with Crippen molar-refractivity contribution in [1.82, 2.24) is 15.1 Å². The number of rotatable bonds is 4. The molecule has 3 heterocycles. The van der Waals surface area contributed by atoms with Gasteiger partial charge in [0.15, 0.2) is 17.8 Å². The van der Waals surface area contributed by atoms with E-state index < -0.39 is 0 Å². The van der Waals surface area contributed by atoms with Gasteiger partial charge in [-0.05, 0) is 18.4 Å². The van der Waals surface area contributed by atoms with Crippen LogP contribution in [0.4, 0.5) is 0 Å². The third-order valence-corrected chi connectivity index (χ3v) is 3.89. The Morgan fingerprint density at radius 3 is 2.83 bits per heavy atom. The topological polar surface area (TPSA) is 100 Å². The maximum absolute atomic E-state index is 5.64. The molecule has 0 amide bonds. The summed E-state index contributed by atoms with van der Waals surface area (Å²) in [5.41, 5.74) is 8.06. The zero-order valence-electron chi connectivity index (χ0n) is 12.4. The number of hydrogen-bond acceptors (Lipinski definition) is 7. The summed E-state index contributed by atoms with van der Waals surface area (Å²) in [4.78, 5) is 8.63. The van der Waals surface area contributed by atoms with Gasteiger partial charge in [-0.1, -0.05) is 29.4 Å². The van der Waals surface area contributed by atoms with Crippen LogP contribution in [0.2, 0.25) is 0 Å². The SMILES string of the molecule is NCc1ccc(-c2noc(-c3ncoc3C3CCCO3)n2)cc1. The van der Waals surface area contributed by atoms with Crippen LogP contribution in [0.25, 0.3) is 23.0 Å². The van der Waals surface area contributed by atoms with Crippen LogP contribution in [0.1, 0.15) is 30.3 Å². The molecule has 0 bridgehead atoms. The summed E-state index contributed by atoms with van der Waals surface area (Å²) in [7, 11) is 0. The third-order valence-electron chi connectivity index (χ3n) is 3.89. The van der Waals surface area contributed by atoms with Crippen molar-refractivity contribution in [1.29, 1.82) is 0 Å². The largest absolute Gasteiger partial charge is 0.445 e. The van der Waals surface area contributed by atoms with Crippen molar-refractivity contribution in [2.75, 3.05) is 6.61 Å². The van der Waals surface area contributed by atoms with E-state index in [-0.39, 0.29) is 6.10 Å². The fraction of sp³-hybridized carbons (Fsp3) is 0.312. The lowest BCUT2D eigenvalue weighted by Crippen LogP contribution is -1.96.